The smallest absolute Gasteiger partial charge is 0.127 e. The van der Waals surface area contributed by atoms with Crippen molar-refractivity contribution in [2.24, 2.45) is 0 Å². The Morgan fingerprint density at radius 2 is 2.17 bits per heavy atom. The van der Waals surface area contributed by atoms with Gasteiger partial charge in [-0.25, -0.2) is 4.98 Å². The van der Waals surface area contributed by atoms with Crippen LogP contribution in [0.4, 0.5) is 0 Å². The van der Waals surface area contributed by atoms with E-state index in [-0.39, 0.29) is 0 Å². The van der Waals surface area contributed by atoms with Crippen molar-refractivity contribution in [1.82, 2.24) is 14.5 Å². The molecule has 0 bridgehead atoms. The molecule has 0 aromatic carbocycles. The molecular weight excluding hydrogens is 290 g/mol. The Balaban J connectivity index is 1.92. The SMILES string of the molecule is CCN1CCC(c2nc(Br)c3n2CCCC3C)C1. The molecule has 18 heavy (non-hydrogen) atoms. The van der Waals surface area contributed by atoms with E-state index >= 15 is 0 Å². The maximum Gasteiger partial charge on any atom is 0.127 e. The molecule has 1 saturated heterocycles. The van der Waals surface area contributed by atoms with E-state index in [2.05, 4.69) is 39.2 Å². The van der Waals surface area contributed by atoms with Gasteiger partial charge in [0.05, 0.1) is 5.69 Å². The van der Waals surface area contributed by atoms with Crippen molar-refractivity contribution >= 4 is 15.9 Å². The number of aromatic nitrogens is 2. The van der Waals surface area contributed by atoms with E-state index in [0.717, 1.165) is 11.1 Å². The van der Waals surface area contributed by atoms with Gasteiger partial charge in [0, 0.05) is 19.0 Å². The van der Waals surface area contributed by atoms with E-state index in [0.29, 0.717) is 11.8 Å². The van der Waals surface area contributed by atoms with Gasteiger partial charge in [-0.2, -0.15) is 0 Å². The lowest BCUT2D eigenvalue weighted by molar-refractivity contribution is 0.350. The van der Waals surface area contributed by atoms with Gasteiger partial charge in [0.2, 0.25) is 0 Å². The van der Waals surface area contributed by atoms with Crippen molar-refractivity contribution in [2.75, 3.05) is 19.6 Å². The fourth-order valence-corrected chi connectivity index (χ4v) is 4.28. The number of halogens is 1. The van der Waals surface area contributed by atoms with Gasteiger partial charge in [-0.1, -0.05) is 13.8 Å². The van der Waals surface area contributed by atoms with E-state index in [1.807, 2.05) is 0 Å². The van der Waals surface area contributed by atoms with Gasteiger partial charge in [-0.3, -0.25) is 0 Å². The molecule has 0 spiro atoms. The van der Waals surface area contributed by atoms with Crippen LogP contribution in [0, 0.1) is 0 Å². The van der Waals surface area contributed by atoms with Gasteiger partial charge in [-0.05, 0) is 54.2 Å². The number of hydrogen-bond acceptors (Lipinski definition) is 2. The Kier molecular flexibility index (Phi) is 3.50. The zero-order valence-corrected chi connectivity index (χ0v) is 12.9. The molecule has 2 aliphatic rings. The van der Waals surface area contributed by atoms with E-state index in [4.69, 9.17) is 4.98 Å². The van der Waals surface area contributed by atoms with Gasteiger partial charge in [-0.15, -0.1) is 0 Å². The lowest BCUT2D eigenvalue weighted by atomic mass is 9.98. The fourth-order valence-electron chi connectivity index (χ4n) is 3.49. The number of fused-ring (bicyclic) bond motifs is 1. The van der Waals surface area contributed by atoms with Crippen LogP contribution in [-0.2, 0) is 6.54 Å². The van der Waals surface area contributed by atoms with Crippen molar-refractivity contribution in [2.45, 2.75) is 51.5 Å². The van der Waals surface area contributed by atoms with Crippen LogP contribution in [0.25, 0.3) is 0 Å². The largest absolute Gasteiger partial charge is 0.330 e. The topological polar surface area (TPSA) is 21.1 Å². The standard InChI is InChI=1S/C14H22BrN3/c1-3-17-8-6-11(9-17)14-16-13(15)12-10(2)5-4-7-18(12)14/h10-11H,3-9H2,1-2H3. The monoisotopic (exact) mass is 311 g/mol. The molecule has 4 heteroatoms. The fraction of sp³-hybridized carbons (Fsp3) is 0.786. The highest BCUT2D eigenvalue weighted by atomic mass is 79.9. The molecule has 1 aromatic rings. The zero-order valence-electron chi connectivity index (χ0n) is 11.3. The van der Waals surface area contributed by atoms with E-state index < -0.39 is 0 Å². The summed E-state index contributed by atoms with van der Waals surface area (Å²) in [7, 11) is 0. The van der Waals surface area contributed by atoms with Crippen LogP contribution < -0.4 is 0 Å². The summed E-state index contributed by atoms with van der Waals surface area (Å²) in [4.78, 5) is 7.38. The summed E-state index contributed by atoms with van der Waals surface area (Å²) in [5.74, 6) is 2.62. The number of imidazole rings is 1. The third-order valence-electron chi connectivity index (χ3n) is 4.56. The van der Waals surface area contributed by atoms with E-state index in [9.17, 15) is 0 Å². The van der Waals surface area contributed by atoms with Crippen LogP contribution in [0.2, 0.25) is 0 Å². The molecule has 0 amide bonds. The van der Waals surface area contributed by atoms with Gasteiger partial charge >= 0.3 is 0 Å². The van der Waals surface area contributed by atoms with Gasteiger partial charge < -0.3 is 9.47 Å². The van der Waals surface area contributed by atoms with Gasteiger partial charge in [0.25, 0.3) is 0 Å². The summed E-state index contributed by atoms with van der Waals surface area (Å²) in [6.45, 7) is 9.33. The first-order chi connectivity index (χ1) is 8.70. The number of likely N-dealkylation sites (tertiary alicyclic amines) is 1. The van der Waals surface area contributed by atoms with E-state index in [1.165, 1.54) is 50.4 Å². The maximum absolute atomic E-state index is 4.85. The summed E-state index contributed by atoms with van der Waals surface area (Å²) in [5, 5.41) is 0. The average molecular weight is 312 g/mol. The molecule has 0 saturated carbocycles. The van der Waals surface area contributed by atoms with Crippen molar-refractivity contribution in [3.63, 3.8) is 0 Å². The maximum atomic E-state index is 4.85. The molecule has 2 atom stereocenters. The Hall–Kier alpha value is -0.350. The normalized spacial score (nSPS) is 28.6. The molecule has 2 aliphatic heterocycles. The molecule has 0 N–H and O–H groups in total. The summed E-state index contributed by atoms with van der Waals surface area (Å²) >= 11 is 3.68. The molecule has 3 nitrogen and oxygen atoms in total. The molecule has 2 unspecified atom stereocenters. The summed E-state index contributed by atoms with van der Waals surface area (Å²) in [6.07, 6.45) is 3.87. The lowest BCUT2D eigenvalue weighted by Gasteiger charge is -2.24. The Morgan fingerprint density at radius 3 is 2.89 bits per heavy atom. The van der Waals surface area contributed by atoms with Crippen LogP contribution in [0.3, 0.4) is 0 Å². The second kappa shape index (κ2) is 4.97. The predicted octanol–water partition coefficient (Wildman–Crippen LogP) is 3.35. The Bertz CT molecular complexity index is 440. The quantitative estimate of drug-likeness (QED) is 0.835. The lowest BCUT2D eigenvalue weighted by Crippen LogP contribution is -2.21. The molecule has 1 fully saturated rings. The molecule has 100 valence electrons. The van der Waals surface area contributed by atoms with Crippen molar-refractivity contribution in [3.05, 3.63) is 16.1 Å². The molecular formula is C14H22BrN3. The first kappa shape index (κ1) is 12.7. The molecule has 3 rings (SSSR count). The number of rotatable bonds is 2. The van der Waals surface area contributed by atoms with Crippen molar-refractivity contribution < 1.29 is 0 Å². The summed E-state index contributed by atoms with van der Waals surface area (Å²) in [5.41, 5.74) is 1.44. The Labute approximate surface area is 118 Å². The highest BCUT2D eigenvalue weighted by molar-refractivity contribution is 9.10. The minimum absolute atomic E-state index is 0.639. The third kappa shape index (κ3) is 2.03. The molecule has 0 aliphatic carbocycles. The minimum atomic E-state index is 0.639. The summed E-state index contributed by atoms with van der Waals surface area (Å²) < 4.78 is 3.60. The highest BCUT2D eigenvalue weighted by Gasteiger charge is 2.31. The number of nitrogens with zero attached hydrogens (tertiary/aromatic N) is 3. The van der Waals surface area contributed by atoms with Crippen LogP contribution in [-0.4, -0.2) is 34.1 Å². The van der Waals surface area contributed by atoms with Crippen molar-refractivity contribution in [1.29, 1.82) is 0 Å². The van der Waals surface area contributed by atoms with Crippen LogP contribution in [0.15, 0.2) is 4.60 Å². The predicted molar refractivity (Wildman–Crippen MR) is 77.0 cm³/mol. The van der Waals surface area contributed by atoms with Gasteiger partial charge in [0.15, 0.2) is 0 Å². The van der Waals surface area contributed by atoms with Gasteiger partial charge in [0.1, 0.15) is 10.4 Å². The van der Waals surface area contributed by atoms with Crippen LogP contribution >= 0.6 is 15.9 Å². The van der Waals surface area contributed by atoms with E-state index in [1.54, 1.807) is 0 Å². The zero-order chi connectivity index (χ0) is 12.7. The summed E-state index contributed by atoms with van der Waals surface area (Å²) in [6, 6.07) is 0. The first-order valence-corrected chi connectivity index (χ1v) is 7.98. The average Bonchev–Trinajstić information content (AvgIpc) is 2.94. The molecule has 1 aromatic heterocycles. The first-order valence-electron chi connectivity index (χ1n) is 7.18. The molecule has 0 radical (unpaired) electrons. The van der Waals surface area contributed by atoms with Crippen LogP contribution in [0.1, 0.15) is 56.5 Å². The van der Waals surface area contributed by atoms with Crippen molar-refractivity contribution in [3.8, 4) is 0 Å². The third-order valence-corrected chi connectivity index (χ3v) is 5.15. The number of hydrogen-bond donors (Lipinski definition) is 0. The second-order valence-electron chi connectivity index (χ2n) is 5.72. The Morgan fingerprint density at radius 1 is 1.33 bits per heavy atom. The molecule has 3 heterocycles. The second-order valence-corrected chi connectivity index (χ2v) is 6.47. The minimum Gasteiger partial charge on any atom is -0.330 e. The van der Waals surface area contributed by atoms with Crippen LogP contribution in [0.5, 0.6) is 0 Å². The number of likely N-dealkylation sites (N-methyl/N-ethyl adjacent to an activating group) is 1. The highest BCUT2D eigenvalue weighted by Crippen LogP contribution is 2.37.